The molecule has 1 heterocycles. The fraction of sp³-hybridized carbons (Fsp3) is 0.700. The van der Waals surface area contributed by atoms with Crippen LogP contribution in [0.5, 0.6) is 0 Å². The second-order valence-corrected chi connectivity index (χ2v) is 7.52. The summed E-state index contributed by atoms with van der Waals surface area (Å²) in [5.41, 5.74) is 0. The van der Waals surface area contributed by atoms with E-state index in [1.165, 1.54) is 6.42 Å². The minimum Gasteiger partial charge on any atom is -0.298 e. The lowest BCUT2D eigenvalue weighted by molar-refractivity contribution is -0.119. The molecule has 16 heavy (non-hydrogen) atoms. The lowest BCUT2D eigenvalue weighted by Crippen LogP contribution is -2.21. The number of rotatable bonds is 4. The van der Waals surface area contributed by atoms with Crippen molar-refractivity contribution in [1.29, 1.82) is 0 Å². The summed E-state index contributed by atoms with van der Waals surface area (Å²) in [5, 5.41) is 8.34. The molecule has 1 saturated carbocycles. The van der Waals surface area contributed by atoms with Gasteiger partial charge in [0.05, 0.1) is 5.25 Å². The molecule has 0 unspecified atom stereocenters. The van der Waals surface area contributed by atoms with Gasteiger partial charge in [0.2, 0.25) is 0 Å². The molecular weight excluding hydrogens is 260 g/mol. The first-order valence-corrected chi connectivity index (χ1v) is 8.13. The monoisotopic (exact) mass is 274 g/mol. The maximum absolute atomic E-state index is 11.7. The van der Waals surface area contributed by atoms with Gasteiger partial charge in [-0.2, -0.15) is 0 Å². The predicted molar refractivity (Wildman–Crippen MR) is 69.4 cm³/mol. The number of carbonyl (C=O) groups is 1. The van der Waals surface area contributed by atoms with Crippen LogP contribution >= 0.6 is 34.9 Å². The van der Waals surface area contributed by atoms with Crippen LogP contribution < -0.4 is 0 Å². The molecule has 2 rings (SSSR count). The summed E-state index contributed by atoms with van der Waals surface area (Å²) in [6, 6.07) is 0. The van der Waals surface area contributed by atoms with E-state index < -0.39 is 0 Å². The van der Waals surface area contributed by atoms with Crippen molar-refractivity contribution < 1.29 is 4.79 Å². The van der Waals surface area contributed by atoms with Crippen molar-refractivity contribution >= 4 is 40.6 Å². The van der Waals surface area contributed by atoms with Crippen LogP contribution in [0, 0.1) is 0 Å². The molecule has 0 amide bonds. The van der Waals surface area contributed by atoms with E-state index >= 15 is 0 Å². The molecule has 1 atom stereocenters. The van der Waals surface area contributed by atoms with Gasteiger partial charge in [-0.3, -0.25) is 4.79 Å². The van der Waals surface area contributed by atoms with Crippen molar-refractivity contribution in [3.05, 3.63) is 0 Å². The smallest absolute Gasteiger partial charge is 0.175 e. The third kappa shape index (κ3) is 3.21. The van der Waals surface area contributed by atoms with E-state index in [9.17, 15) is 4.79 Å². The number of ketones is 1. The number of thioether (sulfide) groups is 2. The summed E-state index contributed by atoms with van der Waals surface area (Å²) >= 11 is 4.91. The Kier molecular flexibility index (Phi) is 4.66. The molecule has 0 aromatic carbocycles. The quantitative estimate of drug-likeness (QED) is 0.788. The Balaban J connectivity index is 1.94. The molecule has 0 aliphatic heterocycles. The first kappa shape index (κ1) is 12.4. The fourth-order valence-corrected chi connectivity index (χ4v) is 4.91. The topological polar surface area (TPSA) is 42.9 Å². The van der Waals surface area contributed by atoms with Gasteiger partial charge in [-0.1, -0.05) is 48.2 Å². The second-order valence-electron chi connectivity index (χ2n) is 3.59. The lowest BCUT2D eigenvalue weighted by atomic mass is 9.99. The Hall–Kier alpha value is -0.0700. The summed E-state index contributed by atoms with van der Waals surface area (Å²) in [4.78, 5) is 11.7. The van der Waals surface area contributed by atoms with E-state index in [2.05, 4.69) is 17.1 Å². The average molecular weight is 274 g/mol. The highest BCUT2D eigenvalue weighted by atomic mass is 32.2. The highest BCUT2D eigenvalue weighted by Crippen LogP contribution is 2.35. The number of hydrogen-bond acceptors (Lipinski definition) is 6. The highest BCUT2D eigenvalue weighted by Gasteiger charge is 2.24. The SMILES string of the molecule is CCSc1nnc(S[C@@H]2CCCCC2=O)s1. The van der Waals surface area contributed by atoms with Crippen LogP contribution in [0.25, 0.3) is 0 Å². The molecule has 3 nitrogen and oxygen atoms in total. The minimum absolute atomic E-state index is 0.126. The van der Waals surface area contributed by atoms with E-state index in [0.29, 0.717) is 5.78 Å². The van der Waals surface area contributed by atoms with Gasteiger partial charge in [-0.15, -0.1) is 10.2 Å². The largest absolute Gasteiger partial charge is 0.298 e. The van der Waals surface area contributed by atoms with Gasteiger partial charge in [0.1, 0.15) is 5.78 Å². The molecule has 0 saturated heterocycles. The van der Waals surface area contributed by atoms with Crippen LogP contribution in [-0.4, -0.2) is 27.0 Å². The van der Waals surface area contributed by atoms with Crippen LogP contribution in [0.2, 0.25) is 0 Å². The number of Topliss-reactive ketones (excluding diaryl/α,β-unsaturated/α-hetero) is 1. The molecule has 1 aromatic heterocycles. The van der Waals surface area contributed by atoms with Crippen molar-refractivity contribution in [2.45, 2.75) is 46.5 Å². The van der Waals surface area contributed by atoms with E-state index in [4.69, 9.17) is 0 Å². The van der Waals surface area contributed by atoms with Gasteiger partial charge in [-0.05, 0) is 18.6 Å². The Labute approximate surface area is 108 Å². The Morgan fingerprint density at radius 1 is 1.38 bits per heavy atom. The third-order valence-corrected chi connectivity index (χ3v) is 5.74. The highest BCUT2D eigenvalue weighted by molar-refractivity contribution is 8.03. The van der Waals surface area contributed by atoms with Crippen LogP contribution in [0.3, 0.4) is 0 Å². The molecule has 1 aliphatic carbocycles. The molecule has 1 fully saturated rings. The maximum Gasteiger partial charge on any atom is 0.175 e. The van der Waals surface area contributed by atoms with E-state index in [-0.39, 0.29) is 5.25 Å². The number of nitrogens with zero attached hydrogens (tertiary/aromatic N) is 2. The Morgan fingerprint density at radius 2 is 2.19 bits per heavy atom. The summed E-state index contributed by atoms with van der Waals surface area (Å²) in [5.74, 6) is 1.40. The van der Waals surface area contributed by atoms with Gasteiger partial charge < -0.3 is 0 Å². The summed E-state index contributed by atoms with van der Waals surface area (Å²) < 4.78 is 1.95. The van der Waals surface area contributed by atoms with Crippen molar-refractivity contribution in [2.75, 3.05) is 5.75 Å². The zero-order chi connectivity index (χ0) is 11.4. The summed E-state index contributed by atoms with van der Waals surface area (Å²) in [7, 11) is 0. The van der Waals surface area contributed by atoms with Gasteiger partial charge in [0.15, 0.2) is 8.68 Å². The standard InChI is InChI=1S/C10H14N2OS3/c1-2-14-9-11-12-10(16-9)15-8-6-4-3-5-7(8)13/h8H,2-6H2,1H3/t8-/m1/s1. The molecular formula is C10H14N2OS3. The van der Waals surface area contributed by atoms with Gasteiger partial charge >= 0.3 is 0 Å². The third-order valence-electron chi connectivity index (χ3n) is 2.40. The van der Waals surface area contributed by atoms with Crippen LogP contribution in [0.4, 0.5) is 0 Å². The molecule has 6 heteroatoms. The van der Waals surface area contributed by atoms with E-state index in [0.717, 1.165) is 33.7 Å². The van der Waals surface area contributed by atoms with Crippen molar-refractivity contribution in [3.8, 4) is 0 Å². The lowest BCUT2D eigenvalue weighted by Gasteiger charge is -2.17. The number of hydrogen-bond donors (Lipinski definition) is 0. The molecule has 0 bridgehead atoms. The molecule has 1 aliphatic rings. The second kappa shape index (κ2) is 6.02. The Morgan fingerprint density at radius 3 is 2.94 bits per heavy atom. The summed E-state index contributed by atoms with van der Waals surface area (Å²) in [6.07, 6.45) is 3.97. The van der Waals surface area contributed by atoms with E-state index in [1.807, 2.05) is 0 Å². The van der Waals surface area contributed by atoms with Crippen LogP contribution in [0.15, 0.2) is 8.68 Å². The van der Waals surface area contributed by atoms with Gasteiger partial charge in [-0.25, -0.2) is 0 Å². The van der Waals surface area contributed by atoms with Crippen LogP contribution in [0.1, 0.15) is 32.6 Å². The Bertz CT molecular complexity index is 367. The van der Waals surface area contributed by atoms with Gasteiger partial charge in [0, 0.05) is 6.42 Å². The molecule has 0 radical (unpaired) electrons. The average Bonchev–Trinajstić information content (AvgIpc) is 2.70. The fourth-order valence-electron chi connectivity index (χ4n) is 1.62. The molecule has 0 N–H and O–H groups in total. The zero-order valence-corrected chi connectivity index (χ0v) is 11.6. The van der Waals surface area contributed by atoms with Gasteiger partial charge in [0.25, 0.3) is 0 Å². The first-order chi connectivity index (χ1) is 7.79. The van der Waals surface area contributed by atoms with E-state index in [1.54, 1.807) is 34.9 Å². The van der Waals surface area contributed by atoms with Crippen molar-refractivity contribution in [3.63, 3.8) is 0 Å². The van der Waals surface area contributed by atoms with Crippen LogP contribution in [-0.2, 0) is 4.79 Å². The summed E-state index contributed by atoms with van der Waals surface area (Å²) in [6.45, 7) is 2.10. The zero-order valence-electron chi connectivity index (χ0n) is 9.14. The van der Waals surface area contributed by atoms with Crippen molar-refractivity contribution in [2.24, 2.45) is 0 Å². The number of aromatic nitrogens is 2. The normalized spacial score (nSPS) is 21.3. The minimum atomic E-state index is 0.126. The molecule has 1 aromatic rings. The maximum atomic E-state index is 11.7. The molecule has 88 valence electrons. The predicted octanol–water partition coefficient (Wildman–Crippen LogP) is 3.25. The molecule has 0 spiro atoms. The number of carbonyl (C=O) groups excluding carboxylic acids is 1. The first-order valence-electron chi connectivity index (χ1n) is 5.45. The van der Waals surface area contributed by atoms with Crippen molar-refractivity contribution in [1.82, 2.24) is 10.2 Å².